The van der Waals surface area contributed by atoms with Crippen LogP contribution in [0.2, 0.25) is 0 Å². The summed E-state index contributed by atoms with van der Waals surface area (Å²) in [7, 11) is 1.58. The molecule has 1 aliphatic carbocycles. The Balaban J connectivity index is 1.73. The number of benzene rings is 2. The van der Waals surface area contributed by atoms with Crippen LogP contribution in [0.25, 0.3) is 6.08 Å². The van der Waals surface area contributed by atoms with Crippen molar-refractivity contribution in [2.24, 2.45) is 0 Å². The highest BCUT2D eigenvalue weighted by Crippen LogP contribution is 2.41. The molecule has 4 rings (SSSR count). The molecule has 2 aliphatic rings. The van der Waals surface area contributed by atoms with Crippen LogP contribution in [0.5, 0.6) is 5.75 Å². The van der Waals surface area contributed by atoms with Gasteiger partial charge in [0.1, 0.15) is 11.6 Å². The molecule has 2 amide bonds. The lowest BCUT2D eigenvalue weighted by molar-refractivity contribution is -0.137. The summed E-state index contributed by atoms with van der Waals surface area (Å²) in [5.74, 6) is -0.438. The van der Waals surface area contributed by atoms with E-state index in [2.05, 4.69) is 5.32 Å². The molecule has 30 heavy (non-hydrogen) atoms. The second-order valence-electron chi connectivity index (χ2n) is 7.81. The maximum atomic E-state index is 14.6. The number of methoxy groups -OCH3 is 1. The molecule has 0 spiro atoms. The number of hydrogen-bond donors (Lipinski definition) is 1. The fraction of sp³-hybridized carbons (Fsp3) is 0.333. The molecule has 6 heteroatoms. The molecule has 1 heterocycles. The van der Waals surface area contributed by atoms with Gasteiger partial charge in [-0.15, -0.1) is 0 Å². The highest BCUT2D eigenvalue weighted by Gasteiger charge is 2.56. The molecule has 0 radical (unpaired) electrons. The van der Waals surface area contributed by atoms with E-state index in [9.17, 15) is 14.0 Å². The molecule has 5 nitrogen and oxygen atoms in total. The Bertz CT molecular complexity index is 984. The van der Waals surface area contributed by atoms with Crippen molar-refractivity contribution in [1.29, 1.82) is 0 Å². The van der Waals surface area contributed by atoms with Crippen molar-refractivity contribution in [3.05, 3.63) is 66.0 Å². The van der Waals surface area contributed by atoms with Crippen LogP contribution in [0.15, 0.2) is 54.6 Å². The van der Waals surface area contributed by atoms with Gasteiger partial charge in [-0.25, -0.2) is 4.39 Å². The van der Waals surface area contributed by atoms with Crippen molar-refractivity contribution in [2.45, 2.75) is 43.7 Å². The normalized spacial score (nSPS) is 21.7. The second kappa shape index (κ2) is 8.30. The molecule has 0 aromatic heterocycles. The van der Waals surface area contributed by atoms with E-state index in [4.69, 9.17) is 4.74 Å². The van der Waals surface area contributed by atoms with Gasteiger partial charge >= 0.3 is 0 Å². The van der Waals surface area contributed by atoms with Gasteiger partial charge in [0.05, 0.1) is 19.2 Å². The Morgan fingerprint density at radius 3 is 2.57 bits per heavy atom. The zero-order valence-electron chi connectivity index (χ0n) is 16.9. The predicted octanol–water partition coefficient (Wildman–Crippen LogP) is 4.08. The number of rotatable bonds is 6. The maximum absolute atomic E-state index is 14.6. The summed E-state index contributed by atoms with van der Waals surface area (Å²) in [6, 6.07) is 13.6. The van der Waals surface area contributed by atoms with E-state index in [-0.39, 0.29) is 30.0 Å². The molecule has 2 aromatic rings. The van der Waals surface area contributed by atoms with Crippen LogP contribution in [0.3, 0.4) is 0 Å². The van der Waals surface area contributed by atoms with E-state index in [1.807, 2.05) is 24.3 Å². The van der Waals surface area contributed by atoms with Crippen LogP contribution in [0, 0.1) is 5.82 Å². The minimum atomic E-state index is -1.28. The number of ether oxygens (including phenoxy) is 1. The molecular formula is C24H25FN2O3. The summed E-state index contributed by atoms with van der Waals surface area (Å²) in [4.78, 5) is 27.3. The molecular weight excluding hydrogens is 383 g/mol. The molecule has 1 unspecified atom stereocenters. The van der Waals surface area contributed by atoms with Gasteiger partial charge in [-0.3, -0.25) is 14.5 Å². The number of amides is 2. The third-order valence-electron chi connectivity index (χ3n) is 5.92. The molecule has 156 valence electrons. The number of carbonyl (C=O) groups is 2. The molecule has 1 aliphatic heterocycles. The molecule has 1 N–H and O–H groups in total. The Kier molecular flexibility index (Phi) is 5.57. The van der Waals surface area contributed by atoms with Crippen molar-refractivity contribution < 1.29 is 18.7 Å². The number of β-lactam (4-membered cyclic amide) rings is 1. The Morgan fingerprint density at radius 2 is 1.87 bits per heavy atom. The fourth-order valence-corrected chi connectivity index (χ4v) is 4.31. The zero-order valence-corrected chi connectivity index (χ0v) is 16.9. The summed E-state index contributed by atoms with van der Waals surface area (Å²) >= 11 is 0. The van der Waals surface area contributed by atoms with Crippen LogP contribution >= 0.6 is 0 Å². The Labute approximate surface area is 175 Å². The van der Waals surface area contributed by atoms with Gasteiger partial charge in [0.25, 0.3) is 5.91 Å². The quantitative estimate of drug-likeness (QED) is 0.733. The third kappa shape index (κ3) is 3.58. The first-order chi connectivity index (χ1) is 14.5. The summed E-state index contributed by atoms with van der Waals surface area (Å²) < 4.78 is 19.9. The maximum Gasteiger partial charge on any atom is 0.251 e. The fourth-order valence-electron chi connectivity index (χ4n) is 4.31. The van der Waals surface area contributed by atoms with E-state index < -0.39 is 11.4 Å². The van der Waals surface area contributed by atoms with Gasteiger partial charge in [0, 0.05) is 11.6 Å². The van der Waals surface area contributed by atoms with Crippen molar-refractivity contribution in [2.75, 3.05) is 12.0 Å². The van der Waals surface area contributed by atoms with Crippen LogP contribution in [-0.2, 0) is 9.59 Å². The van der Waals surface area contributed by atoms with Crippen LogP contribution in [0.4, 0.5) is 10.1 Å². The molecule has 2 aromatic carbocycles. The first kappa shape index (κ1) is 20.1. The van der Waals surface area contributed by atoms with Gasteiger partial charge in [-0.2, -0.15) is 0 Å². The number of nitrogens with zero attached hydrogens (tertiary/aromatic N) is 1. The monoisotopic (exact) mass is 408 g/mol. The molecule has 1 atom stereocenters. The topological polar surface area (TPSA) is 58.6 Å². The largest absolute Gasteiger partial charge is 0.496 e. The van der Waals surface area contributed by atoms with Crippen LogP contribution in [-0.4, -0.2) is 30.5 Å². The standard InChI is InChI=1S/C24H25FN2O3/c1-30-21-13-7-2-8-17(21)14-15-24(23(29)26-18-9-3-4-10-18)16-22(28)27(24)20-12-6-5-11-19(20)25/h2,5-8,11-15,18H,3-4,9-10,16H2,1H3,(H,26,29)/b15-14+. The Hall–Kier alpha value is -3.15. The minimum absolute atomic E-state index is 0.00840. The summed E-state index contributed by atoms with van der Waals surface area (Å²) in [5.41, 5.74) is -0.385. The van der Waals surface area contributed by atoms with Gasteiger partial charge < -0.3 is 10.1 Å². The lowest BCUT2D eigenvalue weighted by Gasteiger charge is -2.49. The third-order valence-corrected chi connectivity index (χ3v) is 5.92. The van der Waals surface area contributed by atoms with E-state index in [1.165, 1.54) is 17.0 Å². The smallest absolute Gasteiger partial charge is 0.251 e. The number of para-hydroxylation sites is 2. The number of nitrogens with one attached hydrogen (secondary N) is 1. The number of anilines is 1. The average Bonchev–Trinajstić information content (AvgIpc) is 3.25. The first-order valence-corrected chi connectivity index (χ1v) is 10.3. The lowest BCUT2D eigenvalue weighted by atomic mass is 9.80. The van der Waals surface area contributed by atoms with Crippen molar-refractivity contribution in [1.82, 2.24) is 5.32 Å². The van der Waals surface area contributed by atoms with Gasteiger partial charge in [0.2, 0.25) is 5.91 Å². The number of hydrogen-bond acceptors (Lipinski definition) is 3. The SMILES string of the molecule is COc1ccccc1/C=C/C1(C(=O)NC2CCCC2)CC(=O)N1c1ccccc1F. The molecule has 1 saturated carbocycles. The highest BCUT2D eigenvalue weighted by atomic mass is 19.1. The molecule has 1 saturated heterocycles. The first-order valence-electron chi connectivity index (χ1n) is 10.3. The van der Waals surface area contributed by atoms with Gasteiger partial charge in [-0.1, -0.05) is 49.2 Å². The van der Waals surface area contributed by atoms with Crippen molar-refractivity contribution in [3.8, 4) is 5.75 Å². The predicted molar refractivity (Wildman–Crippen MR) is 114 cm³/mol. The summed E-state index contributed by atoms with van der Waals surface area (Å²) in [6.07, 6.45) is 7.45. The van der Waals surface area contributed by atoms with E-state index in [0.717, 1.165) is 31.2 Å². The number of carbonyl (C=O) groups excluding carboxylic acids is 2. The summed E-state index contributed by atoms with van der Waals surface area (Å²) in [6.45, 7) is 0. The minimum Gasteiger partial charge on any atom is -0.496 e. The molecule has 0 bridgehead atoms. The van der Waals surface area contributed by atoms with Gasteiger partial charge in [0.15, 0.2) is 5.54 Å². The number of halogens is 1. The van der Waals surface area contributed by atoms with E-state index in [0.29, 0.717) is 5.75 Å². The van der Waals surface area contributed by atoms with Crippen LogP contribution in [0.1, 0.15) is 37.7 Å². The van der Waals surface area contributed by atoms with E-state index >= 15 is 0 Å². The average molecular weight is 408 g/mol. The zero-order chi connectivity index (χ0) is 21.1. The van der Waals surface area contributed by atoms with Crippen molar-refractivity contribution in [3.63, 3.8) is 0 Å². The van der Waals surface area contributed by atoms with Gasteiger partial charge in [-0.05, 0) is 37.1 Å². The lowest BCUT2D eigenvalue weighted by Crippen LogP contribution is -2.70. The second-order valence-corrected chi connectivity index (χ2v) is 7.81. The Morgan fingerprint density at radius 1 is 1.17 bits per heavy atom. The van der Waals surface area contributed by atoms with Crippen molar-refractivity contribution >= 4 is 23.6 Å². The van der Waals surface area contributed by atoms with Crippen LogP contribution < -0.4 is 15.0 Å². The summed E-state index contributed by atoms with van der Waals surface area (Å²) in [5, 5.41) is 3.09. The highest BCUT2D eigenvalue weighted by molar-refractivity contribution is 6.15. The van der Waals surface area contributed by atoms with E-state index in [1.54, 1.807) is 31.4 Å². The molecule has 2 fully saturated rings.